The molecule has 1 aromatic carbocycles. The van der Waals surface area contributed by atoms with Crippen molar-refractivity contribution in [3.63, 3.8) is 0 Å². The summed E-state index contributed by atoms with van der Waals surface area (Å²) in [6.45, 7) is 2.12. The maximum Gasteiger partial charge on any atom is 0.200 e. The third kappa shape index (κ3) is 3.13. The quantitative estimate of drug-likeness (QED) is 0.869. The lowest BCUT2D eigenvalue weighted by molar-refractivity contribution is 0.282. The molecule has 2 N–H and O–H groups in total. The molecule has 102 valence electrons. The van der Waals surface area contributed by atoms with Crippen molar-refractivity contribution in [2.75, 3.05) is 0 Å². The molecule has 0 saturated heterocycles. The largest absolute Gasteiger partial charge is 0.486 e. The minimum absolute atomic E-state index is 0.0855. The summed E-state index contributed by atoms with van der Waals surface area (Å²) in [5.74, 6) is -0.852. The number of hydrogen-bond acceptors (Lipinski definition) is 3. The van der Waals surface area contributed by atoms with E-state index in [1.54, 1.807) is 13.0 Å². The van der Waals surface area contributed by atoms with E-state index < -0.39 is 11.6 Å². The molecule has 0 amide bonds. The van der Waals surface area contributed by atoms with E-state index in [9.17, 15) is 8.78 Å². The second-order valence-electron chi connectivity index (χ2n) is 3.99. The van der Waals surface area contributed by atoms with Crippen LogP contribution in [0.2, 0.25) is 0 Å². The zero-order valence-corrected chi connectivity index (χ0v) is 11.8. The molecule has 0 aliphatic heterocycles. The van der Waals surface area contributed by atoms with Gasteiger partial charge in [0.2, 0.25) is 5.82 Å². The maximum atomic E-state index is 13.5. The molecule has 2 rings (SSSR count). The predicted octanol–water partition coefficient (Wildman–Crippen LogP) is 3.67. The second-order valence-corrected chi connectivity index (χ2v) is 4.90. The van der Waals surface area contributed by atoms with Crippen molar-refractivity contribution in [3.8, 4) is 5.75 Å². The molecule has 2 aromatic rings. The lowest BCUT2D eigenvalue weighted by Gasteiger charge is -2.07. The number of nitrogens with two attached hydrogens (primary N) is 1. The van der Waals surface area contributed by atoms with E-state index in [0.29, 0.717) is 16.0 Å². The lowest BCUT2D eigenvalue weighted by Crippen LogP contribution is -1.99. The molecule has 0 saturated carbocycles. The Balaban J connectivity index is 2.16. The van der Waals surface area contributed by atoms with E-state index in [2.05, 4.69) is 15.9 Å². The van der Waals surface area contributed by atoms with Crippen molar-refractivity contribution >= 4 is 15.9 Å². The van der Waals surface area contributed by atoms with Crippen LogP contribution in [0, 0.1) is 18.6 Å². The Morgan fingerprint density at radius 1 is 1.32 bits per heavy atom. The molecule has 0 bridgehead atoms. The Labute approximate surface area is 117 Å². The van der Waals surface area contributed by atoms with Crippen LogP contribution in [0.1, 0.15) is 17.1 Å². The fourth-order valence-corrected chi connectivity index (χ4v) is 2.03. The first kappa shape index (κ1) is 14.0. The van der Waals surface area contributed by atoms with Gasteiger partial charge in [0, 0.05) is 10.0 Å². The number of ether oxygens (including phenoxy) is 1. The van der Waals surface area contributed by atoms with Gasteiger partial charge >= 0.3 is 0 Å². The van der Waals surface area contributed by atoms with Crippen molar-refractivity contribution in [3.05, 3.63) is 51.4 Å². The van der Waals surface area contributed by atoms with Gasteiger partial charge in [-0.25, -0.2) is 4.39 Å². The van der Waals surface area contributed by atoms with Crippen LogP contribution in [0.4, 0.5) is 8.78 Å². The van der Waals surface area contributed by atoms with E-state index in [0.717, 1.165) is 11.6 Å². The fraction of sp³-hybridized carbons (Fsp3) is 0.231. The topological polar surface area (TPSA) is 48.4 Å². The van der Waals surface area contributed by atoms with Gasteiger partial charge in [-0.2, -0.15) is 4.39 Å². The van der Waals surface area contributed by atoms with Crippen molar-refractivity contribution in [1.82, 2.24) is 0 Å². The molecule has 0 unspecified atom stereocenters. The van der Waals surface area contributed by atoms with Gasteiger partial charge in [-0.15, -0.1) is 0 Å². The van der Waals surface area contributed by atoms with Crippen LogP contribution in [0.3, 0.4) is 0 Å². The van der Waals surface area contributed by atoms with Crippen LogP contribution in [0.25, 0.3) is 0 Å². The van der Waals surface area contributed by atoms with Crippen molar-refractivity contribution < 1.29 is 17.9 Å². The van der Waals surface area contributed by atoms with E-state index in [4.69, 9.17) is 14.9 Å². The number of halogens is 3. The summed E-state index contributed by atoms with van der Waals surface area (Å²) >= 11 is 3.08. The molecule has 1 heterocycles. The Bertz CT molecular complexity index is 599. The summed E-state index contributed by atoms with van der Waals surface area (Å²) in [5.41, 5.74) is 6.20. The second kappa shape index (κ2) is 5.71. The van der Waals surface area contributed by atoms with Gasteiger partial charge in [0.15, 0.2) is 11.6 Å². The molecule has 0 radical (unpaired) electrons. The van der Waals surface area contributed by atoms with E-state index in [-0.39, 0.29) is 18.9 Å². The van der Waals surface area contributed by atoms with Gasteiger partial charge in [-0.3, -0.25) is 0 Å². The first-order valence-electron chi connectivity index (χ1n) is 5.57. The van der Waals surface area contributed by atoms with Crippen LogP contribution in [-0.4, -0.2) is 0 Å². The van der Waals surface area contributed by atoms with Crippen molar-refractivity contribution in [2.45, 2.75) is 20.1 Å². The number of benzene rings is 1. The van der Waals surface area contributed by atoms with Crippen molar-refractivity contribution in [2.24, 2.45) is 5.73 Å². The molecule has 3 nitrogen and oxygen atoms in total. The van der Waals surface area contributed by atoms with Crippen LogP contribution < -0.4 is 10.5 Å². The first-order valence-corrected chi connectivity index (χ1v) is 6.36. The molecule has 0 spiro atoms. The summed E-state index contributed by atoms with van der Waals surface area (Å²) in [6, 6.07) is 4.15. The monoisotopic (exact) mass is 331 g/mol. The summed E-state index contributed by atoms with van der Waals surface area (Å²) in [7, 11) is 0. The Kier molecular flexibility index (Phi) is 4.21. The summed E-state index contributed by atoms with van der Waals surface area (Å²) in [5, 5.41) is 0. The molecule has 0 aliphatic carbocycles. The summed E-state index contributed by atoms with van der Waals surface area (Å²) in [4.78, 5) is 0. The SMILES string of the molecule is Cc1oc(CN)cc1COc1cc(Br)cc(F)c1F. The van der Waals surface area contributed by atoms with E-state index in [1.165, 1.54) is 6.07 Å². The maximum absolute atomic E-state index is 13.5. The van der Waals surface area contributed by atoms with Gasteiger partial charge in [-0.05, 0) is 25.1 Å². The standard InChI is InChI=1S/C13H12BrF2NO2/c1-7-8(2-10(5-17)19-7)6-18-12-4-9(14)3-11(15)13(12)16/h2-4H,5-6,17H2,1H3. The minimum Gasteiger partial charge on any atom is -0.486 e. The van der Waals surface area contributed by atoms with Crippen LogP contribution in [-0.2, 0) is 13.2 Å². The van der Waals surface area contributed by atoms with E-state index in [1.807, 2.05) is 0 Å². The molecular weight excluding hydrogens is 320 g/mol. The number of rotatable bonds is 4. The van der Waals surface area contributed by atoms with Gasteiger partial charge in [0.1, 0.15) is 18.1 Å². The highest BCUT2D eigenvalue weighted by atomic mass is 79.9. The molecule has 0 fully saturated rings. The third-order valence-electron chi connectivity index (χ3n) is 2.62. The molecule has 1 aromatic heterocycles. The van der Waals surface area contributed by atoms with Gasteiger partial charge in [0.05, 0.1) is 6.54 Å². The molecule has 6 heteroatoms. The molecular formula is C13H12BrF2NO2. The fourth-order valence-electron chi connectivity index (χ4n) is 1.62. The number of aryl methyl sites for hydroxylation is 1. The van der Waals surface area contributed by atoms with Gasteiger partial charge in [-0.1, -0.05) is 15.9 Å². The first-order chi connectivity index (χ1) is 9.01. The number of hydrogen-bond donors (Lipinski definition) is 1. The summed E-state index contributed by atoms with van der Waals surface area (Å²) < 4.78 is 37.7. The van der Waals surface area contributed by atoms with Gasteiger partial charge in [0.25, 0.3) is 0 Å². The Morgan fingerprint density at radius 3 is 2.68 bits per heavy atom. The van der Waals surface area contributed by atoms with E-state index >= 15 is 0 Å². The van der Waals surface area contributed by atoms with Crippen LogP contribution in [0.15, 0.2) is 27.1 Å². The molecule has 19 heavy (non-hydrogen) atoms. The normalized spacial score (nSPS) is 10.8. The third-order valence-corrected chi connectivity index (χ3v) is 3.07. The van der Waals surface area contributed by atoms with Crippen LogP contribution in [0.5, 0.6) is 5.75 Å². The minimum atomic E-state index is -1.01. The Hall–Kier alpha value is -1.40. The highest BCUT2D eigenvalue weighted by molar-refractivity contribution is 9.10. The van der Waals surface area contributed by atoms with Crippen LogP contribution >= 0.6 is 15.9 Å². The molecule has 0 aliphatic rings. The zero-order chi connectivity index (χ0) is 14.0. The average molecular weight is 332 g/mol. The average Bonchev–Trinajstić information content (AvgIpc) is 2.73. The molecule has 0 atom stereocenters. The highest BCUT2D eigenvalue weighted by Gasteiger charge is 2.13. The summed E-state index contributed by atoms with van der Waals surface area (Å²) in [6.07, 6.45) is 0. The van der Waals surface area contributed by atoms with Gasteiger partial charge < -0.3 is 14.9 Å². The highest BCUT2D eigenvalue weighted by Crippen LogP contribution is 2.26. The lowest BCUT2D eigenvalue weighted by atomic mass is 10.2. The number of furan rings is 1. The zero-order valence-electron chi connectivity index (χ0n) is 10.2. The smallest absolute Gasteiger partial charge is 0.200 e. The van der Waals surface area contributed by atoms with Crippen molar-refractivity contribution in [1.29, 1.82) is 0 Å². The predicted molar refractivity (Wildman–Crippen MR) is 69.7 cm³/mol. The Morgan fingerprint density at radius 2 is 2.05 bits per heavy atom.